The van der Waals surface area contributed by atoms with Gasteiger partial charge in [-0.3, -0.25) is 4.79 Å². The molecule has 0 saturated heterocycles. The third kappa shape index (κ3) is 5.39. The summed E-state index contributed by atoms with van der Waals surface area (Å²) in [6.45, 7) is -0.356. The molecular weight excluding hydrogens is 233 g/mol. The standard InChI is InChI=1S/C11H19F3N2O/c12-11(13,14)6-7-16-10(17)8-4-2-1-3-5-9(8)15/h8-9H,1-7,15H2,(H,16,17). The highest BCUT2D eigenvalue weighted by Crippen LogP contribution is 2.23. The van der Waals surface area contributed by atoms with E-state index in [1.165, 1.54) is 0 Å². The monoisotopic (exact) mass is 252 g/mol. The molecule has 1 amide bonds. The largest absolute Gasteiger partial charge is 0.390 e. The van der Waals surface area contributed by atoms with E-state index >= 15 is 0 Å². The highest BCUT2D eigenvalue weighted by Gasteiger charge is 2.29. The van der Waals surface area contributed by atoms with Gasteiger partial charge in [0.15, 0.2) is 0 Å². The van der Waals surface area contributed by atoms with Crippen LogP contribution < -0.4 is 11.1 Å². The van der Waals surface area contributed by atoms with E-state index in [0.29, 0.717) is 6.42 Å². The molecule has 2 atom stereocenters. The first kappa shape index (κ1) is 14.3. The molecule has 1 fully saturated rings. The van der Waals surface area contributed by atoms with Gasteiger partial charge in [0, 0.05) is 12.6 Å². The van der Waals surface area contributed by atoms with E-state index in [4.69, 9.17) is 5.73 Å². The van der Waals surface area contributed by atoms with Gasteiger partial charge in [0.2, 0.25) is 5.91 Å². The lowest BCUT2D eigenvalue weighted by Gasteiger charge is -2.20. The Morgan fingerprint density at radius 2 is 1.88 bits per heavy atom. The number of amides is 1. The molecule has 1 aliphatic rings. The van der Waals surface area contributed by atoms with E-state index in [-0.39, 0.29) is 24.4 Å². The van der Waals surface area contributed by atoms with Crippen LogP contribution in [0.15, 0.2) is 0 Å². The van der Waals surface area contributed by atoms with Gasteiger partial charge in [0.05, 0.1) is 12.3 Å². The summed E-state index contributed by atoms with van der Waals surface area (Å²) in [5.74, 6) is -0.658. The quantitative estimate of drug-likeness (QED) is 0.754. The number of alkyl halides is 3. The summed E-state index contributed by atoms with van der Waals surface area (Å²) in [5, 5.41) is 2.33. The second kappa shape index (κ2) is 6.23. The Morgan fingerprint density at radius 3 is 2.53 bits per heavy atom. The second-order valence-electron chi connectivity index (χ2n) is 4.56. The van der Waals surface area contributed by atoms with Crippen LogP contribution in [0.4, 0.5) is 13.2 Å². The van der Waals surface area contributed by atoms with Gasteiger partial charge < -0.3 is 11.1 Å². The van der Waals surface area contributed by atoms with Gasteiger partial charge in [-0.05, 0) is 12.8 Å². The van der Waals surface area contributed by atoms with Crippen molar-refractivity contribution >= 4 is 5.91 Å². The molecule has 2 unspecified atom stereocenters. The molecule has 0 radical (unpaired) electrons. The molecule has 0 heterocycles. The SMILES string of the molecule is NC1CCCCCC1C(=O)NCCC(F)(F)F. The number of carbonyl (C=O) groups excluding carboxylic acids is 1. The van der Waals surface area contributed by atoms with Crippen molar-refractivity contribution in [2.45, 2.75) is 50.7 Å². The van der Waals surface area contributed by atoms with Crippen LogP contribution in [0.2, 0.25) is 0 Å². The third-order valence-electron chi connectivity index (χ3n) is 3.11. The highest BCUT2D eigenvalue weighted by molar-refractivity contribution is 5.79. The zero-order chi connectivity index (χ0) is 12.9. The molecule has 1 saturated carbocycles. The van der Waals surface area contributed by atoms with E-state index in [1.807, 2.05) is 0 Å². The lowest BCUT2D eigenvalue weighted by molar-refractivity contribution is -0.136. The van der Waals surface area contributed by atoms with Crippen molar-refractivity contribution < 1.29 is 18.0 Å². The first-order valence-corrected chi connectivity index (χ1v) is 6.00. The van der Waals surface area contributed by atoms with Crippen molar-refractivity contribution in [1.82, 2.24) is 5.32 Å². The molecule has 100 valence electrons. The Balaban J connectivity index is 2.35. The maximum absolute atomic E-state index is 11.9. The molecular formula is C11H19F3N2O. The summed E-state index contributed by atoms with van der Waals surface area (Å²) in [6.07, 6.45) is -0.797. The Hall–Kier alpha value is -0.780. The maximum atomic E-state index is 11.9. The fourth-order valence-electron chi connectivity index (χ4n) is 2.12. The van der Waals surface area contributed by atoms with Crippen molar-refractivity contribution in [3.63, 3.8) is 0 Å². The van der Waals surface area contributed by atoms with E-state index in [2.05, 4.69) is 5.32 Å². The topological polar surface area (TPSA) is 55.1 Å². The first-order chi connectivity index (χ1) is 7.90. The van der Waals surface area contributed by atoms with E-state index in [0.717, 1.165) is 25.7 Å². The number of rotatable bonds is 3. The van der Waals surface area contributed by atoms with Crippen LogP contribution >= 0.6 is 0 Å². The predicted molar refractivity (Wildman–Crippen MR) is 58.2 cm³/mol. The second-order valence-corrected chi connectivity index (χ2v) is 4.56. The number of hydrogen-bond donors (Lipinski definition) is 2. The summed E-state index contributed by atoms with van der Waals surface area (Å²) in [7, 11) is 0. The maximum Gasteiger partial charge on any atom is 0.390 e. The van der Waals surface area contributed by atoms with Crippen LogP contribution in [-0.4, -0.2) is 24.7 Å². The Morgan fingerprint density at radius 1 is 1.24 bits per heavy atom. The molecule has 3 nitrogen and oxygen atoms in total. The third-order valence-corrected chi connectivity index (χ3v) is 3.11. The highest BCUT2D eigenvalue weighted by atomic mass is 19.4. The number of nitrogens with two attached hydrogens (primary N) is 1. The normalized spacial score (nSPS) is 26.4. The fraction of sp³-hybridized carbons (Fsp3) is 0.909. The number of hydrogen-bond acceptors (Lipinski definition) is 2. The zero-order valence-corrected chi connectivity index (χ0v) is 9.72. The molecule has 0 bridgehead atoms. The van der Waals surface area contributed by atoms with E-state index in [1.54, 1.807) is 0 Å². The van der Waals surface area contributed by atoms with Crippen molar-refractivity contribution in [3.8, 4) is 0 Å². The predicted octanol–water partition coefficient (Wildman–Crippen LogP) is 1.96. The van der Waals surface area contributed by atoms with Crippen molar-refractivity contribution in [2.75, 3.05) is 6.54 Å². The van der Waals surface area contributed by atoms with Crippen molar-refractivity contribution in [2.24, 2.45) is 11.7 Å². The van der Waals surface area contributed by atoms with Gasteiger partial charge in [0.25, 0.3) is 0 Å². The molecule has 0 aromatic rings. The van der Waals surface area contributed by atoms with Crippen LogP contribution in [0.1, 0.15) is 38.5 Å². The van der Waals surface area contributed by atoms with Gasteiger partial charge in [0.1, 0.15) is 0 Å². The molecule has 0 spiro atoms. The van der Waals surface area contributed by atoms with E-state index < -0.39 is 12.6 Å². The molecule has 0 aliphatic heterocycles. The van der Waals surface area contributed by atoms with E-state index in [9.17, 15) is 18.0 Å². The van der Waals surface area contributed by atoms with Gasteiger partial charge in [-0.2, -0.15) is 13.2 Å². The molecule has 1 aliphatic carbocycles. The molecule has 1 rings (SSSR count). The van der Waals surface area contributed by atoms with Gasteiger partial charge in [-0.15, -0.1) is 0 Å². The van der Waals surface area contributed by atoms with Crippen molar-refractivity contribution in [3.05, 3.63) is 0 Å². The summed E-state index contributed by atoms with van der Waals surface area (Å²) in [6, 6.07) is -0.219. The zero-order valence-electron chi connectivity index (χ0n) is 9.72. The minimum Gasteiger partial charge on any atom is -0.355 e. The van der Waals surface area contributed by atoms with Crippen LogP contribution in [-0.2, 0) is 4.79 Å². The summed E-state index contributed by atoms with van der Waals surface area (Å²) in [4.78, 5) is 11.7. The Labute approximate surface area is 98.9 Å². The molecule has 6 heteroatoms. The smallest absolute Gasteiger partial charge is 0.355 e. The summed E-state index contributed by atoms with van der Waals surface area (Å²) < 4.78 is 35.7. The lowest BCUT2D eigenvalue weighted by Crippen LogP contribution is -2.42. The van der Waals surface area contributed by atoms with Crippen LogP contribution in [0, 0.1) is 5.92 Å². The van der Waals surface area contributed by atoms with Gasteiger partial charge in [-0.25, -0.2) is 0 Å². The van der Waals surface area contributed by atoms with Crippen LogP contribution in [0.3, 0.4) is 0 Å². The Bertz CT molecular complexity index is 256. The van der Waals surface area contributed by atoms with Gasteiger partial charge >= 0.3 is 6.18 Å². The average molecular weight is 252 g/mol. The first-order valence-electron chi connectivity index (χ1n) is 6.00. The average Bonchev–Trinajstić information content (AvgIpc) is 2.40. The lowest BCUT2D eigenvalue weighted by atomic mass is 9.94. The minimum atomic E-state index is -4.22. The van der Waals surface area contributed by atoms with Crippen LogP contribution in [0.25, 0.3) is 0 Å². The molecule has 0 aromatic carbocycles. The van der Waals surface area contributed by atoms with Crippen LogP contribution in [0.5, 0.6) is 0 Å². The van der Waals surface area contributed by atoms with Gasteiger partial charge in [-0.1, -0.05) is 19.3 Å². The fourth-order valence-corrected chi connectivity index (χ4v) is 2.12. The molecule has 3 N–H and O–H groups in total. The summed E-state index contributed by atoms with van der Waals surface area (Å²) in [5.41, 5.74) is 5.85. The summed E-state index contributed by atoms with van der Waals surface area (Å²) >= 11 is 0. The number of halogens is 3. The molecule has 0 aromatic heterocycles. The minimum absolute atomic E-state index is 0.219. The molecule has 17 heavy (non-hydrogen) atoms. The van der Waals surface area contributed by atoms with Crippen molar-refractivity contribution in [1.29, 1.82) is 0 Å². The number of carbonyl (C=O) groups is 1. The number of nitrogens with one attached hydrogen (secondary N) is 1. The Kier molecular flexibility index (Phi) is 5.24.